The number of amides is 1. The summed E-state index contributed by atoms with van der Waals surface area (Å²) in [5.74, 6) is 0.103. The van der Waals surface area contributed by atoms with Gasteiger partial charge < -0.3 is 4.90 Å². The minimum atomic E-state index is -3.36. The van der Waals surface area contributed by atoms with E-state index in [1.807, 2.05) is 29.2 Å². The first-order valence-electron chi connectivity index (χ1n) is 10.1. The normalized spacial score (nSPS) is 22.0. The van der Waals surface area contributed by atoms with Crippen LogP contribution in [0.3, 0.4) is 0 Å². The molecule has 2 heterocycles. The van der Waals surface area contributed by atoms with Gasteiger partial charge in [-0.3, -0.25) is 9.89 Å². The van der Waals surface area contributed by atoms with E-state index >= 15 is 0 Å². The molecule has 1 saturated heterocycles. The van der Waals surface area contributed by atoms with Gasteiger partial charge in [-0.25, -0.2) is 8.42 Å². The number of halogens is 1. The third-order valence-corrected chi connectivity index (χ3v) is 7.79. The van der Waals surface area contributed by atoms with Crippen molar-refractivity contribution in [1.29, 1.82) is 0 Å². The Labute approximate surface area is 176 Å². The molecule has 1 amide bonds. The van der Waals surface area contributed by atoms with Crippen molar-refractivity contribution >= 4 is 27.3 Å². The Morgan fingerprint density at radius 2 is 1.90 bits per heavy atom. The predicted molar refractivity (Wildman–Crippen MR) is 112 cm³/mol. The molecular weight excluding hydrogens is 410 g/mol. The summed E-state index contributed by atoms with van der Waals surface area (Å²) < 4.78 is 24.2. The topological polar surface area (TPSA) is 83.1 Å². The predicted octanol–water partition coefficient (Wildman–Crippen LogP) is 3.68. The minimum absolute atomic E-state index is 0.0522. The summed E-state index contributed by atoms with van der Waals surface area (Å²) in [6, 6.07) is 7.66. The Balaban J connectivity index is 1.61. The quantitative estimate of drug-likeness (QED) is 0.793. The molecule has 6 nitrogen and oxygen atoms in total. The standard InChI is InChI=1S/C21H26ClN3O3S/c1-29(27,28)18-13-23-24-19(18)15-5-4-12-25(14-15)20(26)21(10-2-3-11-21)16-6-8-17(22)9-7-16/h6-9,13,15H,2-5,10-12,14H2,1H3,(H,23,24)/t15-/m1/s1. The Hall–Kier alpha value is -1.86. The maximum Gasteiger partial charge on any atom is 0.233 e. The summed E-state index contributed by atoms with van der Waals surface area (Å²) in [6.07, 6.45) is 7.99. The number of aromatic nitrogens is 2. The maximum atomic E-state index is 13.8. The Morgan fingerprint density at radius 1 is 1.21 bits per heavy atom. The van der Waals surface area contributed by atoms with Gasteiger partial charge in [0.25, 0.3) is 0 Å². The van der Waals surface area contributed by atoms with Gasteiger partial charge in [-0.1, -0.05) is 36.6 Å². The number of piperidine rings is 1. The maximum absolute atomic E-state index is 13.8. The molecule has 0 bridgehead atoms. The van der Waals surface area contributed by atoms with Crippen LogP contribution in [0.1, 0.15) is 55.7 Å². The second-order valence-corrected chi connectivity index (χ2v) is 10.7. The third kappa shape index (κ3) is 3.82. The first-order valence-corrected chi connectivity index (χ1v) is 12.4. The SMILES string of the molecule is CS(=O)(=O)c1cn[nH]c1[C@@H]1CCCN(C(=O)C2(c3ccc(Cl)cc3)CCCC2)C1. The van der Waals surface area contributed by atoms with Crippen molar-refractivity contribution in [2.75, 3.05) is 19.3 Å². The van der Waals surface area contributed by atoms with E-state index in [-0.39, 0.29) is 16.7 Å². The molecule has 0 radical (unpaired) electrons. The molecule has 2 fully saturated rings. The average Bonchev–Trinajstić information content (AvgIpc) is 3.38. The smallest absolute Gasteiger partial charge is 0.233 e. The number of carbonyl (C=O) groups excluding carboxylic acids is 1. The number of carbonyl (C=O) groups is 1. The van der Waals surface area contributed by atoms with Crippen LogP contribution in [0.5, 0.6) is 0 Å². The monoisotopic (exact) mass is 435 g/mol. The highest BCUT2D eigenvalue weighted by molar-refractivity contribution is 7.90. The van der Waals surface area contributed by atoms with Crippen LogP contribution in [-0.4, -0.2) is 48.8 Å². The molecule has 0 spiro atoms. The van der Waals surface area contributed by atoms with E-state index in [0.717, 1.165) is 44.1 Å². The van der Waals surface area contributed by atoms with Gasteiger partial charge in [0.15, 0.2) is 9.84 Å². The summed E-state index contributed by atoms with van der Waals surface area (Å²) in [6.45, 7) is 1.21. The molecule has 156 valence electrons. The first-order chi connectivity index (χ1) is 13.8. The summed E-state index contributed by atoms with van der Waals surface area (Å²) in [5.41, 5.74) is 1.15. The van der Waals surface area contributed by atoms with Crippen LogP contribution in [0.2, 0.25) is 5.02 Å². The molecule has 1 aliphatic heterocycles. The Bertz CT molecular complexity index is 994. The number of aromatic amines is 1. The molecule has 1 N–H and O–H groups in total. The van der Waals surface area contributed by atoms with E-state index in [9.17, 15) is 13.2 Å². The van der Waals surface area contributed by atoms with Crippen LogP contribution in [0.15, 0.2) is 35.4 Å². The highest BCUT2D eigenvalue weighted by Crippen LogP contribution is 2.44. The molecule has 8 heteroatoms. The lowest BCUT2D eigenvalue weighted by Crippen LogP contribution is -2.49. The molecule has 1 aromatic carbocycles. The van der Waals surface area contributed by atoms with Crippen molar-refractivity contribution in [2.24, 2.45) is 0 Å². The highest BCUT2D eigenvalue weighted by Gasteiger charge is 2.46. The molecule has 1 saturated carbocycles. The van der Waals surface area contributed by atoms with Crippen LogP contribution in [0.4, 0.5) is 0 Å². The van der Waals surface area contributed by atoms with Crippen molar-refractivity contribution in [3.05, 3.63) is 46.7 Å². The van der Waals surface area contributed by atoms with Gasteiger partial charge in [0.2, 0.25) is 5.91 Å². The van der Waals surface area contributed by atoms with Crippen molar-refractivity contribution in [1.82, 2.24) is 15.1 Å². The second kappa shape index (κ2) is 7.76. The lowest BCUT2D eigenvalue weighted by molar-refractivity contribution is -0.138. The third-order valence-electron chi connectivity index (χ3n) is 6.41. The molecule has 1 aromatic heterocycles. The van der Waals surface area contributed by atoms with E-state index < -0.39 is 15.3 Å². The summed E-state index contributed by atoms with van der Waals surface area (Å²) in [4.78, 5) is 15.9. The van der Waals surface area contributed by atoms with Crippen LogP contribution >= 0.6 is 11.6 Å². The first kappa shape index (κ1) is 20.4. The summed E-state index contributed by atoms with van der Waals surface area (Å²) in [5, 5.41) is 7.50. The number of hydrogen-bond acceptors (Lipinski definition) is 4. The van der Waals surface area contributed by atoms with E-state index in [1.165, 1.54) is 12.5 Å². The van der Waals surface area contributed by atoms with Crippen molar-refractivity contribution < 1.29 is 13.2 Å². The molecule has 29 heavy (non-hydrogen) atoms. The highest BCUT2D eigenvalue weighted by atomic mass is 35.5. The molecule has 2 aromatic rings. The van der Waals surface area contributed by atoms with E-state index in [4.69, 9.17) is 11.6 Å². The van der Waals surface area contributed by atoms with Crippen LogP contribution < -0.4 is 0 Å². The zero-order valence-electron chi connectivity index (χ0n) is 16.5. The average molecular weight is 436 g/mol. The molecule has 4 rings (SSSR count). The second-order valence-electron chi connectivity index (χ2n) is 8.31. The Kier molecular flexibility index (Phi) is 5.46. The summed E-state index contributed by atoms with van der Waals surface area (Å²) >= 11 is 6.07. The lowest BCUT2D eigenvalue weighted by atomic mass is 9.77. The van der Waals surface area contributed by atoms with Gasteiger partial charge in [-0.15, -0.1) is 0 Å². The number of rotatable bonds is 4. The fourth-order valence-electron chi connectivity index (χ4n) is 4.95. The van der Waals surface area contributed by atoms with Gasteiger partial charge in [0.1, 0.15) is 4.90 Å². The van der Waals surface area contributed by atoms with Gasteiger partial charge in [-0.2, -0.15) is 5.10 Å². The number of hydrogen-bond donors (Lipinski definition) is 1. The van der Waals surface area contributed by atoms with Crippen molar-refractivity contribution in [3.63, 3.8) is 0 Å². The Morgan fingerprint density at radius 3 is 2.55 bits per heavy atom. The number of H-pyrrole nitrogens is 1. The van der Waals surface area contributed by atoms with Gasteiger partial charge in [0, 0.05) is 30.3 Å². The number of nitrogens with one attached hydrogen (secondary N) is 1. The lowest BCUT2D eigenvalue weighted by Gasteiger charge is -2.39. The molecule has 0 unspecified atom stereocenters. The molecule has 1 atom stereocenters. The zero-order valence-corrected chi connectivity index (χ0v) is 18.1. The minimum Gasteiger partial charge on any atom is -0.341 e. The zero-order chi connectivity index (χ0) is 20.6. The number of sulfone groups is 1. The molecular formula is C21H26ClN3O3S. The largest absolute Gasteiger partial charge is 0.341 e. The van der Waals surface area contributed by atoms with Gasteiger partial charge in [-0.05, 0) is 43.4 Å². The van der Waals surface area contributed by atoms with Gasteiger partial charge in [0.05, 0.1) is 17.3 Å². The van der Waals surface area contributed by atoms with E-state index in [2.05, 4.69) is 10.2 Å². The molecule has 1 aliphatic carbocycles. The fraction of sp³-hybridized carbons (Fsp3) is 0.524. The summed E-state index contributed by atoms with van der Waals surface area (Å²) in [7, 11) is -3.36. The van der Waals surface area contributed by atoms with Crippen molar-refractivity contribution in [2.45, 2.75) is 54.8 Å². The van der Waals surface area contributed by atoms with Gasteiger partial charge >= 0.3 is 0 Å². The molecule has 2 aliphatic rings. The van der Waals surface area contributed by atoms with E-state index in [1.54, 1.807) is 0 Å². The number of benzene rings is 1. The van der Waals surface area contributed by atoms with Crippen LogP contribution in [0.25, 0.3) is 0 Å². The van der Waals surface area contributed by atoms with E-state index in [0.29, 0.717) is 23.8 Å². The number of likely N-dealkylation sites (tertiary alicyclic amines) is 1. The number of nitrogens with zero attached hydrogens (tertiary/aromatic N) is 2. The van der Waals surface area contributed by atoms with Crippen LogP contribution in [0, 0.1) is 0 Å². The van der Waals surface area contributed by atoms with Crippen molar-refractivity contribution in [3.8, 4) is 0 Å². The van der Waals surface area contributed by atoms with Crippen LogP contribution in [-0.2, 0) is 20.0 Å². The fourth-order valence-corrected chi connectivity index (χ4v) is 5.93.